The van der Waals surface area contributed by atoms with Crippen molar-refractivity contribution in [3.63, 3.8) is 0 Å². The zero-order valence-corrected chi connectivity index (χ0v) is 13.6. The highest BCUT2D eigenvalue weighted by Crippen LogP contribution is 2.25. The van der Waals surface area contributed by atoms with E-state index in [-0.39, 0.29) is 6.61 Å². The lowest BCUT2D eigenvalue weighted by Crippen LogP contribution is -2.19. The van der Waals surface area contributed by atoms with E-state index in [1.54, 1.807) is 12.4 Å². The monoisotopic (exact) mass is 328 g/mol. The summed E-state index contributed by atoms with van der Waals surface area (Å²) < 4.78 is 10.4. The maximum absolute atomic E-state index is 11.1. The third kappa shape index (κ3) is 4.05. The number of hydrogen-bond acceptors (Lipinski definition) is 6. The lowest BCUT2D eigenvalue weighted by molar-refractivity contribution is 0.0836. The quantitative estimate of drug-likeness (QED) is 0.927. The van der Waals surface area contributed by atoms with Gasteiger partial charge in [0.25, 0.3) is 0 Å². The number of carbonyl (C=O) groups excluding carboxylic acids is 1. The summed E-state index contributed by atoms with van der Waals surface area (Å²) in [5.41, 5.74) is 2.27. The topological polar surface area (TPSA) is 86.2 Å². The van der Waals surface area contributed by atoms with Gasteiger partial charge in [0.15, 0.2) is 0 Å². The molecule has 0 atom stereocenters. The molecule has 3 rings (SSSR count). The second-order valence-corrected chi connectivity index (χ2v) is 5.56. The van der Waals surface area contributed by atoms with Crippen molar-refractivity contribution in [1.82, 2.24) is 20.3 Å². The Balaban J connectivity index is 1.70. The minimum atomic E-state index is -0.480. The average molecular weight is 328 g/mol. The Hall–Kier alpha value is -2.54. The highest BCUT2D eigenvalue weighted by molar-refractivity contribution is 5.66. The minimum Gasteiger partial charge on any atom is -0.443 e. The molecule has 7 heteroatoms. The van der Waals surface area contributed by atoms with E-state index in [1.807, 2.05) is 18.2 Å². The molecule has 0 saturated carbocycles. The molecule has 126 valence electrons. The average Bonchev–Trinajstić information content (AvgIpc) is 2.67. The number of nitrogens with one attached hydrogen (secondary N) is 1. The van der Waals surface area contributed by atoms with Crippen molar-refractivity contribution in [1.29, 1.82) is 0 Å². The summed E-state index contributed by atoms with van der Waals surface area (Å²) in [5.74, 6) is 1.23. The van der Waals surface area contributed by atoms with E-state index >= 15 is 0 Å². The fourth-order valence-electron chi connectivity index (χ4n) is 2.57. The molecule has 0 spiro atoms. The number of hydrogen-bond donors (Lipinski definition) is 1. The molecule has 24 heavy (non-hydrogen) atoms. The lowest BCUT2D eigenvalue weighted by atomic mass is 9.99. The van der Waals surface area contributed by atoms with Crippen LogP contribution in [-0.2, 0) is 16.1 Å². The third-order valence-corrected chi connectivity index (χ3v) is 3.92. The maximum atomic E-state index is 11.1. The Morgan fingerprint density at radius 1 is 1.29 bits per heavy atom. The molecule has 7 nitrogen and oxygen atoms in total. The van der Waals surface area contributed by atoms with E-state index in [2.05, 4.69) is 20.3 Å². The molecule has 0 radical (unpaired) electrons. The first-order chi connectivity index (χ1) is 11.8. The van der Waals surface area contributed by atoms with Gasteiger partial charge in [-0.05, 0) is 25.0 Å². The summed E-state index contributed by atoms with van der Waals surface area (Å²) in [4.78, 5) is 24.6. The maximum Gasteiger partial charge on any atom is 0.407 e. The molecule has 1 aliphatic heterocycles. The number of nitrogens with zero attached hydrogens (tertiary/aromatic N) is 3. The van der Waals surface area contributed by atoms with Crippen molar-refractivity contribution in [3.8, 4) is 11.3 Å². The van der Waals surface area contributed by atoms with Gasteiger partial charge in [0.2, 0.25) is 0 Å². The predicted molar refractivity (Wildman–Crippen MR) is 87.3 cm³/mol. The van der Waals surface area contributed by atoms with Gasteiger partial charge in [0.1, 0.15) is 12.4 Å². The standard InChI is InChI=1S/C17H20N4O3/c1-18-17(22)24-11-14-3-2-4-15(21-14)13-9-19-16(20-10-13)12-5-7-23-8-6-12/h2-4,9-10,12H,5-8,11H2,1H3,(H,18,22). The van der Waals surface area contributed by atoms with Crippen LogP contribution in [-0.4, -0.2) is 41.3 Å². The van der Waals surface area contributed by atoms with E-state index < -0.39 is 6.09 Å². The molecule has 2 aromatic rings. The van der Waals surface area contributed by atoms with Crippen LogP contribution >= 0.6 is 0 Å². The molecule has 1 saturated heterocycles. The van der Waals surface area contributed by atoms with Gasteiger partial charge in [-0.3, -0.25) is 0 Å². The molecule has 1 fully saturated rings. The van der Waals surface area contributed by atoms with E-state index in [1.165, 1.54) is 7.05 Å². The zero-order chi connectivity index (χ0) is 16.8. The summed E-state index contributed by atoms with van der Waals surface area (Å²) >= 11 is 0. The number of carbonyl (C=O) groups is 1. The van der Waals surface area contributed by atoms with Crippen LogP contribution in [0.4, 0.5) is 4.79 Å². The predicted octanol–water partition coefficient (Wildman–Crippen LogP) is 2.29. The van der Waals surface area contributed by atoms with Crippen molar-refractivity contribution >= 4 is 6.09 Å². The van der Waals surface area contributed by atoms with E-state index in [0.717, 1.165) is 43.1 Å². The Morgan fingerprint density at radius 3 is 2.75 bits per heavy atom. The zero-order valence-electron chi connectivity index (χ0n) is 13.6. The molecule has 0 aromatic carbocycles. The second-order valence-electron chi connectivity index (χ2n) is 5.56. The summed E-state index contributed by atoms with van der Waals surface area (Å²) in [7, 11) is 1.52. The van der Waals surface area contributed by atoms with Gasteiger partial charge >= 0.3 is 6.09 Å². The fraction of sp³-hybridized carbons (Fsp3) is 0.412. The van der Waals surface area contributed by atoms with Crippen LogP contribution in [0.2, 0.25) is 0 Å². The van der Waals surface area contributed by atoms with Gasteiger partial charge in [0.05, 0.1) is 11.4 Å². The van der Waals surface area contributed by atoms with Gasteiger partial charge in [-0.15, -0.1) is 0 Å². The van der Waals surface area contributed by atoms with Crippen LogP contribution in [0, 0.1) is 0 Å². The van der Waals surface area contributed by atoms with Crippen molar-refractivity contribution in [2.24, 2.45) is 0 Å². The summed E-state index contributed by atoms with van der Waals surface area (Å²) in [5, 5.41) is 2.40. The fourth-order valence-corrected chi connectivity index (χ4v) is 2.57. The largest absolute Gasteiger partial charge is 0.443 e. The molecule has 1 N–H and O–H groups in total. The molecule has 0 aliphatic carbocycles. The summed E-state index contributed by atoms with van der Waals surface area (Å²) in [6.45, 7) is 1.66. The van der Waals surface area contributed by atoms with Gasteiger partial charge in [-0.1, -0.05) is 6.07 Å². The highest BCUT2D eigenvalue weighted by Gasteiger charge is 2.18. The minimum absolute atomic E-state index is 0.120. The highest BCUT2D eigenvalue weighted by atomic mass is 16.5. The SMILES string of the molecule is CNC(=O)OCc1cccc(-c2cnc(C3CCOCC3)nc2)n1. The smallest absolute Gasteiger partial charge is 0.407 e. The number of ether oxygens (including phenoxy) is 2. The number of aromatic nitrogens is 3. The number of amides is 1. The van der Waals surface area contributed by atoms with Crippen molar-refractivity contribution in [2.45, 2.75) is 25.4 Å². The van der Waals surface area contributed by atoms with Crippen LogP contribution in [0.3, 0.4) is 0 Å². The number of rotatable bonds is 4. The van der Waals surface area contributed by atoms with Crippen LogP contribution in [0.5, 0.6) is 0 Å². The molecule has 0 unspecified atom stereocenters. The van der Waals surface area contributed by atoms with E-state index in [9.17, 15) is 4.79 Å². The van der Waals surface area contributed by atoms with Crippen LogP contribution in [0.1, 0.15) is 30.3 Å². The molecular weight excluding hydrogens is 308 g/mol. The van der Waals surface area contributed by atoms with Crippen molar-refractivity contribution in [2.75, 3.05) is 20.3 Å². The molecule has 1 aliphatic rings. The molecule has 1 amide bonds. The van der Waals surface area contributed by atoms with Gasteiger partial charge in [-0.2, -0.15) is 0 Å². The van der Waals surface area contributed by atoms with Crippen LogP contribution in [0.15, 0.2) is 30.6 Å². The normalized spacial score (nSPS) is 15.0. The Labute approximate surface area is 140 Å². The molecule has 0 bridgehead atoms. The van der Waals surface area contributed by atoms with Crippen molar-refractivity contribution < 1.29 is 14.3 Å². The number of pyridine rings is 1. The van der Waals surface area contributed by atoms with Gasteiger partial charge in [0, 0.05) is 44.1 Å². The third-order valence-electron chi connectivity index (χ3n) is 3.92. The van der Waals surface area contributed by atoms with Crippen LogP contribution in [0.25, 0.3) is 11.3 Å². The molecule has 3 heterocycles. The Morgan fingerprint density at radius 2 is 2.04 bits per heavy atom. The van der Waals surface area contributed by atoms with Gasteiger partial charge < -0.3 is 14.8 Å². The van der Waals surface area contributed by atoms with Gasteiger partial charge in [-0.25, -0.2) is 19.7 Å². The first-order valence-corrected chi connectivity index (χ1v) is 7.97. The first kappa shape index (κ1) is 16.3. The molecule has 2 aromatic heterocycles. The lowest BCUT2D eigenvalue weighted by Gasteiger charge is -2.20. The first-order valence-electron chi connectivity index (χ1n) is 7.97. The van der Waals surface area contributed by atoms with Crippen molar-refractivity contribution in [3.05, 3.63) is 42.1 Å². The van der Waals surface area contributed by atoms with E-state index in [4.69, 9.17) is 9.47 Å². The van der Waals surface area contributed by atoms with E-state index in [0.29, 0.717) is 11.6 Å². The van der Waals surface area contributed by atoms with Crippen LogP contribution < -0.4 is 5.32 Å². The number of alkyl carbamates (subject to hydrolysis) is 1. The summed E-state index contributed by atoms with van der Waals surface area (Å²) in [6.07, 6.45) is 5.03. The Kier molecular flexibility index (Phi) is 5.32. The Bertz CT molecular complexity index is 684. The second kappa shape index (κ2) is 7.83. The molecular formula is C17H20N4O3. The summed E-state index contributed by atoms with van der Waals surface area (Å²) in [6, 6.07) is 5.57.